The Balaban J connectivity index is 1.15. The van der Waals surface area contributed by atoms with Crippen LogP contribution < -0.4 is 0 Å². The predicted molar refractivity (Wildman–Crippen MR) is 143 cm³/mol. The summed E-state index contributed by atoms with van der Waals surface area (Å²) in [6, 6.07) is 11.1. The van der Waals surface area contributed by atoms with Gasteiger partial charge in [0.2, 0.25) is 0 Å². The van der Waals surface area contributed by atoms with Crippen molar-refractivity contribution in [2.24, 2.45) is 11.8 Å². The molecule has 208 valence electrons. The van der Waals surface area contributed by atoms with Gasteiger partial charge < -0.3 is 14.6 Å². The highest BCUT2D eigenvalue weighted by Crippen LogP contribution is 2.37. The fraction of sp³-hybridized carbons (Fsp3) is 0.310. The smallest absolute Gasteiger partial charge is 0.177 e. The topological polar surface area (TPSA) is 100 Å². The molecule has 2 aromatic heterocycles. The van der Waals surface area contributed by atoms with Crippen LogP contribution in [0.1, 0.15) is 24.5 Å². The lowest BCUT2D eigenvalue weighted by Gasteiger charge is -2.38. The van der Waals surface area contributed by atoms with Crippen molar-refractivity contribution in [2.75, 3.05) is 13.2 Å². The Morgan fingerprint density at radius 1 is 1.02 bits per heavy atom. The number of aromatic nitrogens is 6. The molecule has 40 heavy (non-hydrogen) atoms. The van der Waals surface area contributed by atoms with Gasteiger partial charge in [-0.1, -0.05) is 43.4 Å². The molecule has 9 nitrogen and oxygen atoms in total. The summed E-state index contributed by atoms with van der Waals surface area (Å²) in [6.07, 6.45) is 13.5. The second-order valence-electron chi connectivity index (χ2n) is 9.85. The Morgan fingerprint density at radius 2 is 1.77 bits per heavy atom. The quantitative estimate of drug-likeness (QED) is 0.295. The van der Waals surface area contributed by atoms with E-state index >= 15 is 0 Å². The molecule has 3 heterocycles. The number of ether oxygens (including phenoxy) is 2. The normalized spacial score (nSPS) is 20.2. The lowest BCUT2D eigenvalue weighted by molar-refractivity contribution is -0.181. The average molecular weight is 549 g/mol. The molecule has 0 aliphatic carbocycles. The molecule has 1 saturated heterocycles. The minimum atomic E-state index is -1.65. The Morgan fingerprint density at radius 3 is 2.45 bits per heavy atom. The van der Waals surface area contributed by atoms with Gasteiger partial charge in [0.1, 0.15) is 42.5 Å². The molecule has 4 aromatic rings. The number of rotatable bonds is 10. The fourth-order valence-corrected chi connectivity index (χ4v) is 4.81. The molecule has 1 fully saturated rings. The van der Waals surface area contributed by atoms with Gasteiger partial charge in [-0.15, -0.1) is 0 Å². The van der Waals surface area contributed by atoms with E-state index in [1.54, 1.807) is 11.0 Å². The van der Waals surface area contributed by atoms with Gasteiger partial charge in [0, 0.05) is 17.5 Å². The van der Waals surface area contributed by atoms with Gasteiger partial charge in [-0.3, -0.25) is 0 Å². The molecular weight excluding hydrogens is 518 g/mol. The van der Waals surface area contributed by atoms with Crippen LogP contribution in [0.3, 0.4) is 0 Å². The molecule has 2 unspecified atom stereocenters. The van der Waals surface area contributed by atoms with Crippen molar-refractivity contribution >= 4 is 6.08 Å². The number of hydrogen-bond acceptors (Lipinski definition) is 7. The first-order valence-electron chi connectivity index (χ1n) is 12.9. The summed E-state index contributed by atoms with van der Waals surface area (Å²) in [5.74, 6) is -1.97. The average Bonchev–Trinajstić information content (AvgIpc) is 3.67. The Hall–Kier alpha value is -4.06. The third-order valence-electron chi connectivity index (χ3n) is 7.01. The molecule has 0 saturated carbocycles. The van der Waals surface area contributed by atoms with Crippen LogP contribution in [0.4, 0.5) is 8.78 Å². The monoisotopic (exact) mass is 548 g/mol. The van der Waals surface area contributed by atoms with E-state index in [-0.39, 0.29) is 18.0 Å². The first-order chi connectivity index (χ1) is 19.4. The molecule has 0 spiro atoms. The van der Waals surface area contributed by atoms with Crippen molar-refractivity contribution in [2.45, 2.75) is 31.8 Å². The van der Waals surface area contributed by atoms with Gasteiger partial charge in [-0.25, -0.2) is 28.1 Å². The Kier molecular flexibility index (Phi) is 8.54. The zero-order chi connectivity index (χ0) is 28.0. The fourth-order valence-electron chi connectivity index (χ4n) is 4.81. The summed E-state index contributed by atoms with van der Waals surface area (Å²) in [5, 5.41) is 19.9. The summed E-state index contributed by atoms with van der Waals surface area (Å²) < 4.78 is 43.2. The van der Waals surface area contributed by atoms with Gasteiger partial charge in [-0.2, -0.15) is 10.2 Å². The highest BCUT2D eigenvalue weighted by molar-refractivity contribution is 5.53. The molecular formula is C29H30F2N6O3. The van der Waals surface area contributed by atoms with Crippen molar-refractivity contribution < 1.29 is 23.4 Å². The van der Waals surface area contributed by atoms with Crippen LogP contribution in [0.25, 0.3) is 11.8 Å². The third-order valence-corrected chi connectivity index (χ3v) is 7.01. The van der Waals surface area contributed by atoms with E-state index in [9.17, 15) is 13.9 Å². The highest BCUT2D eigenvalue weighted by Gasteiger charge is 2.40. The lowest BCUT2D eigenvalue weighted by atomic mass is 9.77. The van der Waals surface area contributed by atoms with Crippen molar-refractivity contribution in [3.05, 3.63) is 109 Å². The number of aliphatic hydroxyl groups is 1. The maximum absolute atomic E-state index is 14.8. The van der Waals surface area contributed by atoms with Crippen molar-refractivity contribution in [1.29, 1.82) is 0 Å². The molecule has 0 radical (unpaired) electrons. The third kappa shape index (κ3) is 6.56. The van der Waals surface area contributed by atoms with Gasteiger partial charge in [-0.05, 0) is 42.2 Å². The molecule has 1 N–H and O–H groups in total. The van der Waals surface area contributed by atoms with Gasteiger partial charge in [0.25, 0.3) is 0 Å². The summed E-state index contributed by atoms with van der Waals surface area (Å²) in [5.41, 5.74) is 0.317. The van der Waals surface area contributed by atoms with Crippen LogP contribution in [0.2, 0.25) is 0 Å². The summed E-state index contributed by atoms with van der Waals surface area (Å²) in [7, 11) is 0. The minimum Gasteiger partial charge on any atom is -0.383 e. The zero-order valence-corrected chi connectivity index (χ0v) is 21.9. The SMILES string of the molecule is CC(CC1COC(C=CC=Cc2ccc(-n3cncn3)cc2)OC1)C(O)(Cn1cncn1)c1ccc(F)cc1F. The number of halogens is 2. The number of nitrogens with zero attached hydrogens (tertiary/aromatic N) is 6. The van der Waals surface area contributed by atoms with Crippen molar-refractivity contribution in [3.63, 3.8) is 0 Å². The first-order valence-corrected chi connectivity index (χ1v) is 12.9. The van der Waals surface area contributed by atoms with Crippen LogP contribution in [0.15, 0.2) is 86.0 Å². The van der Waals surface area contributed by atoms with E-state index in [0.29, 0.717) is 19.6 Å². The molecule has 2 aromatic carbocycles. The van der Waals surface area contributed by atoms with Crippen molar-refractivity contribution in [1.82, 2.24) is 29.5 Å². The van der Waals surface area contributed by atoms with Crippen LogP contribution >= 0.6 is 0 Å². The summed E-state index contributed by atoms with van der Waals surface area (Å²) in [4.78, 5) is 7.86. The molecule has 1 aliphatic heterocycles. The molecule has 5 rings (SSSR count). The number of hydrogen-bond donors (Lipinski definition) is 1. The van der Waals surface area contributed by atoms with E-state index < -0.39 is 29.4 Å². The largest absolute Gasteiger partial charge is 0.383 e. The highest BCUT2D eigenvalue weighted by atomic mass is 19.1. The molecule has 1 aliphatic rings. The predicted octanol–water partition coefficient (Wildman–Crippen LogP) is 4.31. The van der Waals surface area contributed by atoms with E-state index in [2.05, 4.69) is 20.2 Å². The maximum atomic E-state index is 14.8. The minimum absolute atomic E-state index is 0.00942. The van der Waals surface area contributed by atoms with E-state index in [4.69, 9.17) is 9.47 Å². The first kappa shape index (κ1) is 27.5. The summed E-state index contributed by atoms with van der Waals surface area (Å²) in [6.45, 7) is 2.62. The maximum Gasteiger partial charge on any atom is 0.177 e. The Labute approximate surface area is 230 Å². The Bertz CT molecular complexity index is 1420. The zero-order valence-electron chi connectivity index (χ0n) is 21.9. The number of benzene rings is 2. The van der Waals surface area contributed by atoms with Gasteiger partial charge in [0.15, 0.2) is 6.29 Å². The molecule has 0 bridgehead atoms. The lowest BCUT2D eigenvalue weighted by Crippen LogP contribution is -2.42. The summed E-state index contributed by atoms with van der Waals surface area (Å²) >= 11 is 0. The standard InChI is InChI=1S/C29H30F2N6O3/c1-21(29(38,16-36-19-32-17-34-36)26-11-8-24(30)13-27(26)31)12-23-14-39-28(40-15-23)5-3-2-4-22-6-9-25(10-7-22)37-20-33-18-35-37/h2-11,13,17-21,23,28,38H,12,14-16H2,1H3. The van der Waals surface area contributed by atoms with E-state index in [1.165, 1.54) is 29.7 Å². The molecule has 2 atom stereocenters. The van der Waals surface area contributed by atoms with Crippen molar-refractivity contribution in [3.8, 4) is 5.69 Å². The van der Waals surface area contributed by atoms with Crippen LogP contribution in [-0.2, 0) is 21.6 Å². The van der Waals surface area contributed by atoms with Gasteiger partial charge in [0.05, 0.1) is 25.4 Å². The van der Waals surface area contributed by atoms with Crippen LogP contribution in [-0.4, -0.2) is 54.1 Å². The molecule has 11 heteroatoms. The second kappa shape index (κ2) is 12.4. The number of allylic oxidation sites excluding steroid dienone is 2. The van der Waals surface area contributed by atoms with E-state index in [1.807, 2.05) is 55.5 Å². The van der Waals surface area contributed by atoms with Crippen LogP contribution in [0, 0.1) is 23.5 Å². The van der Waals surface area contributed by atoms with E-state index in [0.717, 1.165) is 23.4 Å². The van der Waals surface area contributed by atoms with Crippen LogP contribution in [0.5, 0.6) is 0 Å². The molecule has 0 amide bonds. The van der Waals surface area contributed by atoms with Gasteiger partial charge >= 0.3 is 0 Å². The second-order valence-corrected chi connectivity index (χ2v) is 9.85.